The van der Waals surface area contributed by atoms with Gasteiger partial charge in [-0.1, -0.05) is 38.5 Å². The standard InChI is InChI=1S/C15H24N2O/c1-5-15(3,4)11-16-10-14(18)17-13-8-6-12(2)7-9-13/h6-9,16H,5,10-11H2,1-4H3,(H,17,18). The van der Waals surface area contributed by atoms with Crippen LogP contribution >= 0.6 is 0 Å². The molecule has 1 aromatic carbocycles. The predicted molar refractivity (Wildman–Crippen MR) is 76.8 cm³/mol. The van der Waals surface area contributed by atoms with Gasteiger partial charge in [0.1, 0.15) is 0 Å². The van der Waals surface area contributed by atoms with E-state index in [0.29, 0.717) is 6.54 Å². The number of aryl methyl sites for hydroxylation is 1. The number of hydrogen-bond donors (Lipinski definition) is 2. The Labute approximate surface area is 110 Å². The molecule has 0 saturated carbocycles. The lowest BCUT2D eigenvalue weighted by Crippen LogP contribution is -2.34. The molecule has 0 aromatic heterocycles. The summed E-state index contributed by atoms with van der Waals surface area (Å²) >= 11 is 0. The van der Waals surface area contributed by atoms with Crippen LogP contribution in [-0.2, 0) is 4.79 Å². The monoisotopic (exact) mass is 248 g/mol. The largest absolute Gasteiger partial charge is 0.325 e. The maximum atomic E-state index is 11.7. The average Bonchev–Trinajstić information content (AvgIpc) is 2.32. The number of amides is 1. The van der Waals surface area contributed by atoms with Crippen molar-refractivity contribution in [3.05, 3.63) is 29.8 Å². The van der Waals surface area contributed by atoms with Crippen LogP contribution in [0.15, 0.2) is 24.3 Å². The lowest BCUT2D eigenvalue weighted by Gasteiger charge is -2.22. The molecule has 1 amide bonds. The first kappa shape index (κ1) is 14.7. The van der Waals surface area contributed by atoms with Crippen molar-refractivity contribution < 1.29 is 4.79 Å². The molecule has 0 fully saturated rings. The molecule has 3 nitrogen and oxygen atoms in total. The first-order valence-corrected chi connectivity index (χ1v) is 6.50. The first-order chi connectivity index (χ1) is 8.43. The Morgan fingerprint density at radius 2 is 1.83 bits per heavy atom. The fourth-order valence-electron chi connectivity index (χ4n) is 1.48. The van der Waals surface area contributed by atoms with Gasteiger partial charge in [-0.25, -0.2) is 0 Å². The van der Waals surface area contributed by atoms with E-state index >= 15 is 0 Å². The van der Waals surface area contributed by atoms with Gasteiger partial charge in [0, 0.05) is 12.2 Å². The molecular formula is C15H24N2O. The van der Waals surface area contributed by atoms with Crippen LogP contribution < -0.4 is 10.6 Å². The minimum absolute atomic E-state index is 0.00533. The fourth-order valence-corrected chi connectivity index (χ4v) is 1.48. The second kappa shape index (κ2) is 6.55. The number of hydrogen-bond acceptors (Lipinski definition) is 2. The Bertz CT molecular complexity index is 382. The zero-order chi connectivity index (χ0) is 13.6. The van der Waals surface area contributed by atoms with Gasteiger partial charge in [0.05, 0.1) is 6.54 Å². The van der Waals surface area contributed by atoms with E-state index in [-0.39, 0.29) is 11.3 Å². The molecule has 100 valence electrons. The third-order valence-electron chi connectivity index (χ3n) is 3.18. The van der Waals surface area contributed by atoms with Gasteiger partial charge in [-0.15, -0.1) is 0 Å². The van der Waals surface area contributed by atoms with E-state index in [0.717, 1.165) is 18.7 Å². The molecule has 2 N–H and O–H groups in total. The number of nitrogens with one attached hydrogen (secondary N) is 2. The van der Waals surface area contributed by atoms with Crippen molar-refractivity contribution >= 4 is 11.6 Å². The second-order valence-electron chi connectivity index (χ2n) is 5.54. The third-order valence-corrected chi connectivity index (χ3v) is 3.18. The minimum Gasteiger partial charge on any atom is -0.325 e. The molecule has 0 atom stereocenters. The normalized spacial score (nSPS) is 11.3. The zero-order valence-corrected chi connectivity index (χ0v) is 11.8. The highest BCUT2D eigenvalue weighted by molar-refractivity contribution is 5.92. The predicted octanol–water partition coefficient (Wildman–Crippen LogP) is 2.96. The molecule has 18 heavy (non-hydrogen) atoms. The fraction of sp³-hybridized carbons (Fsp3) is 0.533. The van der Waals surface area contributed by atoms with Gasteiger partial charge in [-0.3, -0.25) is 4.79 Å². The van der Waals surface area contributed by atoms with Crippen molar-refractivity contribution in [2.24, 2.45) is 5.41 Å². The number of benzene rings is 1. The van der Waals surface area contributed by atoms with Gasteiger partial charge in [0.25, 0.3) is 0 Å². The van der Waals surface area contributed by atoms with Crippen LogP contribution in [0.5, 0.6) is 0 Å². The van der Waals surface area contributed by atoms with E-state index in [9.17, 15) is 4.79 Å². The summed E-state index contributed by atoms with van der Waals surface area (Å²) in [4.78, 5) is 11.7. The maximum Gasteiger partial charge on any atom is 0.238 e. The van der Waals surface area contributed by atoms with Crippen molar-refractivity contribution in [2.45, 2.75) is 34.1 Å². The van der Waals surface area contributed by atoms with Gasteiger partial charge >= 0.3 is 0 Å². The molecule has 0 heterocycles. The molecule has 1 rings (SSSR count). The Morgan fingerprint density at radius 3 is 2.39 bits per heavy atom. The van der Waals surface area contributed by atoms with Crippen molar-refractivity contribution in [2.75, 3.05) is 18.4 Å². The number of carbonyl (C=O) groups is 1. The molecular weight excluding hydrogens is 224 g/mol. The lowest BCUT2D eigenvalue weighted by molar-refractivity contribution is -0.115. The van der Waals surface area contributed by atoms with E-state index in [1.807, 2.05) is 31.2 Å². The van der Waals surface area contributed by atoms with E-state index < -0.39 is 0 Å². The summed E-state index contributed by atoms with van der Waals surface area (Å²) < 4.78 is 0. The molecule has 0 aliphatic heterocycles. The average molecular weight is 248 g/mol. The van der Waals surface area contributed by atoms with Crippen LogP contribution in [-0.4, -0.2) is 19.0 Å². The molecule has 0 radical (unpaired) electrons. The van der Waals surface area contributed by atoms with Crippen LogP contribution in [0.1, 0.15) is 32.8 Å². The Morgan fingerprint density at radius 1 is 1.22 bits per heavy atom. The summed E-state index contributed by atoms with van der Waals surface area (Å²) in [6, 6.07) is 7.82. The van der Waals surface area contributed by atoms with Gasteiger partial charge < -0.3 is 10.6 Å². The number of carbonyl (C=O) groups excluding carboxylic acids is 1. The Hall–Kier alpha value is -1.35. The van der Waals surface area contributed by atoms with Gasteiger partial charge in [0.15, 0.2) is 0 Å². The van der Waals surface area contributed by atoms with Crippen LogP contribution in [0.3, 0.4) is 0 Å². The summed E-state index contributed by atoms with van der Waals surface area (Å²) in [5.41, 5.74) is 2.28. The van der Waals surface area contributed by atoms with E-state index in [1.165, 1.54) is 5.56 Å². The molecule has 0 unspecified atom stereocenters. The molecule has 0 spiro atoms. The molecule has 0 saturated heterocycles. The summed E-state index contributed by atoms with van der Waals surface area (Å²) in [6.45, 7) is 9.78. The van der Waals surface area contributed by atoms with Gasteiger partial charge in [-0.05, 0) is 30.9 Å². The van der Waals surface area contributed by atoms with Gasteiger partial charge in [-0.2, -0.15) is 0 Å². The van der Waals surface area contributed by atoms with Crippen molar-refractivity contribution in [1.29, 1.82) is 0 Å². The number of rotatable bonds is 6. The second-order valence-corrected chi connectivity index (χ2v) is 5.54. The molecule has 0 aliphatic carbocycles. The lowest BCUT2D eigenvalue weighted by atomic mass is 9.90. The first-order valence-electron chi connectivity index (χ1n) is 6.50. The molecule has 0 aliphatic rings. The topological polar surface area (TPSA) is 41.1 Å². The highest BCUT2D eigenvalue weighted by Crippen LogP contribution is 2.17. The van der Waals surface area contributed by atoms with E-state index in [1.54, 1.807) is 0 Å². The molecule has 1 aromatic rings. The van der Waals surface area contributed by atoms with Crippen LogP contribution in [0, 0.1) is 12.3 Å². The maximum absolute atomic E-state index is 11.7. The number of anilines is 1. The molecule has 3 heteroatoms. The highest BCUT2D eigenvalue weighted by Gasteiger charge is 2.14. The summed E-state index contributed by atoms with van der Waals surface area (Å²) in [7, 11) is 0. The van der Waals surface area contributed by atoms with Crippen LogP contribution in [0.25, 0.3) is 0 Å². The minimum atomic E-state index is 0.00533. The zero-order valence-electron chi connectivity index (χ0n) is 11.8. The summed E-state index contributed by atoms with van der Waals surface area (Å²) in [6.07, 6.45) is 1.10. The van der Waals surface area contributed by atoms with E-state index in [2.05, 4.69) is 31.4 Å². The summed E-state index contributed by atoms with van der Waals surface area (Å²) in [5.74, 6) is 0.00533. The van der Waals surface area contributed by atoms with E-state index in [4.69, 9.17) is 0 Å². The van der Waals surface area contributed by atoms with Crippen molar-refractivity contribution in [3.63, 3.8) is 0 Å². The highest BCUT2D eigenvalue weighted by atomic mass is 16.1. The quantitative estimate of drug-likeness (QED) is 0.812. The molecule has 0 bridgehead atoms. The third kappa shape index (κ3) is 5.32. The SMILES string of the molecule is CCC(C)(C)CNCC(=O)Nc1ccc(C)cc1. The summed E-state index contributed by atoms with van der Waals surface area (Å²) in [5, 5.41) is 6.07. The van der Waals surface area contributed by atoms with Crippen molar-refractivity contribution in [1.82, 2.24) is 5.32 Å². The smallest absolute Gasteiger partial charge is 0.238 e. The van der Waals surface area contributed by atoms with Gasteiger partial charge in [0.2, 0.25) is 5.91 Å². The Balaban J connectivity index is 2.32. The van der Waals surface area contributed by atoms with Crippen LogP contribution in [0.2, 0.25) is 0 Å². The Kier molecular flexibility index (Phi) is 5.35. The van der Waals surface area contributed by atoms with Crippen molar-refractivity contribution in [3.8, 4) is 0 Å². The van der Waals surface area contributed by atoms with Crippen LogP contribution in [0.4, 0.5) is 5.69 Å².